The smallest absolute Gasteiger partial charge is 0.228 e. The molecular weight excluding hydrogens is 314 g/mol. The number of para-hydroxylation sites is 1. The van der Waals surface area contributed by atoms with E-state index in [-0.39, 0.29) is 5.91 Å². The molecule has 1 aromatic heterocycles. The number of amides is 1. The number of ether oxygens (including phenoxy) is 1. The van der Waals surface area contributed by atoms with Gasteiger partial charge in [0, 0.05) is 35.6 Å². The molecule has 0 radical (unpaired) electrons. The summed E-state index contributed by atoms with van der Waals surface area (Å²) in [5.41, 5.74) is 4.91. The van der Waals surface area contributed by atoms with Crippen LogP contribution in [0.4, 0.5) is 5.69 Å². The van der Waals surface area contributed by atoms with Crippen LogP contribution in [-0.4, -0.2) is 23.0 Å². The number of nitrogens with zero attached hydrogens (tertiary/aromatic N) is 2. The first-order valence-corrected chi connectivity index (χ1v) is 8.09. The lowest BCUT2D eigenvalue weighted by atomic mass is 10.0. The number of hydrogen-bond acceptors (Lipinski definition) is 4. The van der Waals surface area contributed by atoms with E-state index in [1.54, 1.807) is 7.11 Å². The molecule has 1 amide bonds. The molecule has 0 bridgehead atoms. The van der Waals surface area contributed by atoms with Crippen LogP contribution in [0.3, 0.4) is 0 Å². The monoisotopic (exact) mass is 331 g/mol. The fraction of sp³-hybridized carbons (Fsp3) is 0.150. The van der Waals surface area contributed by atoms with E-state index in [9.17, 15) is 4.79 Å². The zero-order valence-electron chi connectivity index (χ0n) is 13.8. The van der Waals surface area contributed by atoms with Crippen molar-refractivity contribution in [2.24, 2.45) is 0 Å². The van der Waals surface area contributed by atoms with Gasteiger partial charge in [0.05, 0.1) is 13.5 Å². The molecule has 25 heavy (non-hydrogen) atoms. The Bertz CT molecular complexity index is 936. The van der Waals surface area contributed by atoms with E-state index in [4.69, 9.17) is 4.74 Å². The first kappa shape index (κ1) is 15.3. The largest absolute Gasteiger partial charge is 0.496 e. The van der Waals surface area contributed by atoms with E-state index in [1.165, 1.54) is 0 Å². The Labute approximate surface area is 145 Å². The van der Waals surface area contributed by atoms with Crippen LogP contribution in [0, 0.1) is 0 Å². The van der Waals surface area contributed by atoms with Gasteiger partial charge in [-0.15, -0.1) is 0 Å². The quantitative estimate of drug-likeness (QED) is 0.797. The maximum atomic E-state index is 11.5. The summed E-state index contributed by atoms with van der Waals surface area (Å²) in [5.74, 6) is 1.62. The van der Waals surface area contributed by atoms with Crippen LogP contribution in [0.15, 0.2) is 54.9 Å². The summed E-state index contributed by atoms with van der Waals surface area (Å²) in [5, 5.41) is 2.84. The number of aromatic nitrogens is 2. The molecule has 2 heterocycles. The number of rotatable bonds is 4. The number of anilines is 1. The van der Waals surface area contributed by atoms with Gasteiger partial charge in [0.25, 0.3) is 0 Å². The molecule has 0 aliphatic carbocycles. The van der Waals surface area contributed by atoms with Crippen LogP contribution in [0.25, 0.3) is 11.1 Å². The van der Waals surface area contributed by atoms with Gasteiger partial charge in [-0.05, 0) is 29.3 Å². The number of carbonyl (C=O) groups excluding carboxylic acids is 1. The molecule has 4 rings (SSSR count). The van der Waals surface area contributed by atoms with Gasteiger partial charge < -0.3 is 10.1 Å². The van der Waals surface area contributed by atoms with Crippen molar-refractivity contribution in [2.45, 2.75) is 12.8 Å². The lowest BCUT2D eigenvalue weighted by Crippen LogP contribution is -2.03. The van der Waals surface area contributed by atoms with Crippen molar-refractivity contribution in [3.63, 3.8) is 0 Å². The Morgan fingerprint density at radius 3 is 2.68 bits per heavy atom. The maximum Gasteiger partial charge on any atom is 0.228 e. The van der Waals surface area contributed by atoms with Crippen LogP contribution >= 0.6 is 0 Å². The molecule has 0 unspecified atom stereocenters. The molecule has 0 saturated heterocycles. The Hall–Kier alpha value is -3.21. The zero-order chi connectivity index (χ0) is 17.2. The Morgan fingerprint density at radius 2 is 1.88 bits per heavy atom. The van der Waals surface area contributed by atoms with Gasteiger partial charge in [0.15, 0.2) is 0 Å². The third-order valence-corrected chi connectivity index (χ3v) is 4.31. The van der Waals surface area contributed by atoms with Crippen molar-refractivity contribution in [1.29, 1.82) is 0 Å². The summed E-state index contributed by atoms with van der Waals surface area (Å²) in [6.07, 6.45) is 4.69. The van der Waals surface area contributed by atoms with E-state index in [1.807, 2.05) is 54.9 Å². The second kappa shape index (κ2) is 6.36. The minimum atomic E-state index is 0.0376. The fourth-order valence-corrected chi connectivity index (χ4v) is 3.02. The third-order valence-electron chi connectivity index (χ3n) is 4.31. The fourth-order valence-electron chi connectivity index (χ4n) is 3.02. The van der Waals surface area contributed by atoms with Crippen molar-refractivity contribution in [2.75, 3.05) is 12.4 Å². The van der Waals surface area contributed by atoms with Gasteiger partial charge in [0.1, 0.15) is 11.6 Å². The van der Waals surface area contributed by atoms with Gasteiger partial charge in [-0.2, -0.15) is 0 Å². The molecule has 124 valence electrons. The highest BCUT2D eigenvalue weighted by molar-refractivity contribution is 5.99. The highest BCUT2D eigenvalue weighted by Gasteiger charge is 2.17. The predicted octanol–water partition coefficient (Wildman–Crippen LogP) is 3.24. The van der Waals surface area contributed by atoms with Crippen molar-refractivity contribution < 1.29 is 9.53 Å². The van der Waals surface area contributed by atoms with Crippen LogP contribution in [0.5, 0.6) is 5.75 Å². The average molecular weight is 331 g/mol. The molecule has 5 nitrogen and oxygen atoms in total. The first-order valence-electron chi connectivity index (χ1n) is 8.09. The summed E-state index contributed by atoms with van der Waals surface area (Å²) in [4.78, 5) is 20.4. The number of nitrogens with one attached hydrogen (secondary N) is 1. The van der Waals surface area contributed by atoms with Crippen molar-refractivity contribution in [3.05, 3.63) is 71.8 Å². The topological polar surface area (TPSA) is 64.1 Å². The summed E-state index contributed by atoms with van der Waals surface area (Å²) in [6, 6.07) is 13.8. The number of hydrogen-bond donors (Lipinski definition) is 1. The molecule has 1 N–H and O–H groups in total. The number of carbonyl (C=O) groups is 1. The minimum absolute atomic E-state index is 0.0376. The van der Waals surface area contributed by atoms with Gasteiger partial charge in [-0.1, -0.05) is 24.3 Å². The molecule has 0 fully saturated rings. The second-order valence-electron chi connectivity index (χ2n) is 5.97. The van der Waals surface area contributed by atoms with Crippen LogP contribution in [-0.2, 0) is 17.6 Å². The Morgan fingerprint density at radius 1 is 1.08 bits per heavy atom. The number of methoxy groups -OCH3 is 1. The van der Waals surface area contributed by atoms with E-state index in [0.717, 1.165) is 39.5 Å². The highest BCUT2D eigenvalue weighted by Crippen LogP contribution is 2.28. The third kappa shape index (κ3) is 3.08. The van der Waals surface area contributed by atoms with E-state index in [0.29, 0.717) is 12.8 Å². The summed E-state index contributed by atoms with van der Waals surface area (Å²) >= 11 is 0. The van der Waals surface area contributed by atoms with Gasteiger partial charge in [-0.3, -0.25) is 4.79 Å². The normalized spacial score (nSPS) is 12.6. The molecular formula is C20H17N3O2. The SMILES string of the molecule is COc1ccccc1Cc1ncc(-c2ccc3c(c2)CC(=O)N3)cn1. The lowest BCUT2D eigenvalue weighted by molar-refractivity contribution is -0.115. The molecule has 2 aromatic carbocycles. The van der Waals surface area contributed by atoms with E-state index >= 15 is 0 Å². The van der Waals surface area contributed by atoms with E-state index < -0.39 is 0 Å². The van der Waals surface area contributed by atoms with Crippen molar-refractivity contribution in [1.82, 2.24) is 9.97 Å². The standard InChI is InChI=1S/C20H17N3O2/c1-25-18-5-3-2-4-14(18)9-19-21-11-16(12-22-19)13-6-7-17-15(8-13)10-20(24)23-17/h2-8,11-12H,9-10H2,1H3,(H,23,24). The molecule has 3 aromatic rings. The van der Waals surface area contributed by atoms with Crippen LogP contribution in [0.2, 0.25) is 0 Å². The van der Waals surface area contributed by atoms with Gasteiger partial charge in [-0.25, -0.2) is 9.97 Å². The predicted molar refractivity (Wildman–Crippen MR) is 95.6 cm³/mol. The zero-order valence-corrected chi connectivity index (χ0v) is 13.8. The number of benzene rings is 2. The van der Waals surface area contributed by atoms with E-state index in [2.05, 4.69) is 15.3 Å². The van der Waals surface area contributed by atoms with Crippen molar-refractivity contribution in [3.8, 4) is 16.9 Å². The van der Waals surface area contributed by atoms with Crippen molar-refractivity contribution >= 4 is 11.6 Å². The summed E-state index contributed by atoms with van der Waals surface area (Å²) in [7, 11) is 1.66. The molecule has 1 aliphatic heterocycles. The number of fused-ring (bicyclic) bond motifs is 1. The molecule has 0 spiro atoms. The molecule has 1 aliphatic rings. The minimum Gasteiger partial charge on any atom is -0.496 e. The van der Waals surface area contributed by atoms with Gasteiger partial charge >= 0.3 is 0 Å². The Kier molecular flexibility index (Phi) is 3.90. The molecule has 0 saturated carbocycles. The average Bonchev–Trinajstić information content (AvgIpc) is 3.02. The lowest BCUT2D eigenvalue weighted by Gasteiger charge is -2.08. The Balaban J connectivity index is 1.56. The van der Waals surface area contributed by atoms with Crippen LogP contribution < -0.4 is 10.1 Å². The summed E-state index contributed by atoms with van der Waals surface area (Å²) in [6.45, 7) is 0. The van der Waals surface area contributed by atoms with Gasteiger partial charge in [0.2, 0.25) is 5.91 Å². The molecule has 0 atom stereocenters. The second-order valence-corrected chi connectivity index (χ2v) is 5.97. The first-order chi connectivity index (χ1) is 12.2. The van der Waals surface area contributed by atoms with Crippen LogP contribution in [0.1, 0.15) is 17.0 Å². The highest BCUT2D eigenvalue weighted by atomic mass is 16.5. The maximum absolute atomic E-state index is 11.5. The molecule has 5 heteroatoms. The summed E-state index contributed by atoms with van der Waals surface area (Å²) < 4.78 is 5.37.